The van der Waals surface area contributed by atoms with Crippen molar-refractivity contribution in [1.82, 2.24) is 4.90 Å². The van der Waals surface area contributed by atoms with Crippen LogP contribution in [0, 0.1) is 5.82 Å². The minimum atomic E-state index is -0.307. The van der Waals surface area contributed by atoms with E-state index in [0.29, 0.717) is 17.9 Å². The lowest BCUT2D eigenvalue weighted by Crippen LogP contribution is -2.36. The van der Waals surface area contributed by atoms with Gasteiger partial charge in [-0.1, -0.05) is 18.2 Å². The molecule has 0 radical (unpaired) electrons. The van der Waals surface area contributed by atoms with Gasteiger partial charge in [-0.2, -0.15) is 0 Å². The van der Waals surface area contributed by atoms with Gasteiger partial charge in [0, 0.05) is 24.8 Å². The molecule has 5 nitrogen and oxygen atoms in total. The van der Waals surface area contributed by atoms with E-state index >= 15 is 0 Å². The van der Waals surface area contributed by atoms with Crippen LogP contribution in [-0.2, 0) is 4.79 Å². The molecule has 0 aromatic heterocycles. The molecule has 0 aliphatic rings. The molecule has 0 saturated heterocycles. The molecule has 0 fully saturated rings. The maximum Gasteiger partial charge on any atom is 0.322 e. The van der Waals surface area contributed by atoms with Crippen molar-refractivity contribution in [3.8, 4) is 0 Å². The highest BCUT2D eigenvalue weighted by Gasteiger charge is 2.20. The van der Waals surface area contributed by atoms with Crippen LogP contribution in [0.4, 0.5) is 20.6 Å². The standard InChI is InChI=1S/C19H22FN3O2/c1-4-23(13(2)15-8-10-16(20)11-9-15)19(25)22-18-7-5-6-17(12-18)21-14(3)24/h5-13H,4H2,1-3H3,(H,21,24)(H,22,25). The first-order chi connectivity index (χ1) is 11.9. The van der Waals surface area contributed by atoms with E-state index < -0.39 is 0 Å². The van der Waals surface area contributed by atoms with Crippen molar-refractivity contribution in [1.29, 1.82) is 0 Å². The molecule has 6 heteroatoms. The number of nitrogens with one attached hydrogen (secondary N) is 2. The highest BCUT2D eigenvalue weighted by atomic mass is 19.1. The average molecular weight is 343 g/mol. The van der Waals surface area contributed by atoms with Gasteiger partial charge in [0.1, 0.15) is 5.82 Å². The van der Waals surface area contributed by atoms with Crippen molar-refractivity contribution in [2.45, 2.75) is 26.8 Å². The number of hydrogen-bond acceptors (Lipinski definition) is 2. The Balaban J connectivity index is 2.11. The van der Waals surface area contributed by atoms with Crippen LogP contribution in [0.1, 0.15) is 32.4 Å². The van der Waals surface area contributed by atoms with E-state index in [0.717, 1.165) is 5.56 Å². The maximum atomic E-state index is 13.1. The number of anilines is 2. The van der Waals surface area contributed by atoms with Crippen molar-refractivity contribution >= 4 is 23.3 Å². The number of amides is 3. The van der Waals surface area contributed by atoms with Crippen LogP contribution in [-0.4, -0.2) is 23.4 Å². The fourth-order valence-corrected chi connectivity index (χ4v) is 2.59. The summed E-state index contributed by atoms with van der Waals surface area (Å²) in [5.74, 6) is -0.484. The number of halogens is 1. The molecule has 25 heavy (non-hydrogen) atoms. The third-order valence-electron chi connectivity index (χ3n) is 3.86. The second kappa shape index (κ2) is 8.28. The molecule has 0 spiro atoms. The van der Waals surface area contributed by atoms with E-state index in [-0.39, 0.29) is 23.8 Å². The molecule has 2 aromatic rings. The number of rotatable bonds is 5. The lowest BCUT2D eigenvalue weighted by molar-refractivity contribution is -0.114. The van der Waals surface area contributed by atoms with Crippen LogP contribution in [0.15, 0.2) is 48.5 Å². The normalized spacial score (nSPS) is 11.5. The average Bonchev–Trinajstić information content (AvgIpc) is 2.55. The van der Waals surface area contributed by atoms with E-state index in [9.17, 15) is 14.0 Å². The van der Waals surface area contributed by atoms with Crippen molar-refractivity contribution in [2.75, 3.05) is 17.2 Å². The van der Waals surface area contributed by atoms with E-state index in [4.69, 9.17) is 0 Å². The summed E-state index contributed by atoms with van der Waals surface area (Å²) < 4.78 is 13.1. The van der Waals surface area contributed by atoms with Gasteiger partial charge in [0.25, 0.3) is 0 Å². The van der Waals surface area contributed by atoms with Crippen molar-refractivity contribution < 1.29 is 14.0 Å². The zero-order chi connectivity index (χ0) is 18.4. The van der Waals surface area contributed by atoms with E-state index in [1.165, 1.54) is 19.1 Å². The summed E-state index contributed by atoms with van der Waals surface area (Å²) in [4.78, 5) is 25.4. The zero-order valence-electron chi connectivity index (χ0n) is 14.5. The molecule has 0 aliphatic heterocycles. The Labute approximate surface area is 146 Å². The monoisotopic (exact) mass is 343 g/mol. The minimum Gasteiger partial charge on any atom is -0.326 e. The van der Waals surface area contributed by atoms with E-state index in [2.05, 4.69) is 10.6 Å². The molecule has 2 N–H and O–H groups in total. The van der Waals surface area contributed by atoms with Crippen molar-refractivity contribution in [2.24, 2.45) is 0 Å². The first-order valence-electron chi connectivity index (χ1n) is 8.11. The molecule has 0 heterocycles. The molecule has 2 aromatic carbocycles. The molecular weight excluding hydrogens is 321 g/mol. The number of benzene rings is 2. The summed E-state index contributed by atoms with van der Waals surface area (Å²) >= 11 is 0. The molecular formula is C19H22FN3O2. The summed E-state index contributed by atoms with van der Waals surface area (Å²) in [6, 6.07) is 12.6. The molecule has 1 unspecified atom stereocenters. The Morgan fingerprint density at radius 1 is 1.08 bits per heavy atom. The lowest BCUT2D eigenvalue weighted by atomic mass is 10.1. The van der Waals surface area contributed by atoms with Crippen LogP contribution in [0.25, 0.3) is 0 Å². The SMILES string of the molecule is CCN(C(=O)Nc1cccc(NC(C)=O)c1)C(C)c1ccc(F)cc1. The molecule has 0 aliphatic carbocycles. The molecule has 1 atom stereocenters. The van der Waals surface area contributed by atoms with Gasteiger partial charge in [-0.3, -0.25) is 4.79 Å². The van der Waals surface area contributed by atoms with Gasteiger partial charge >= 0.3 is 6.03 Å². The fraction of sp³-hybridized carbons (Fsp3) is 0.263. The highest BCUT2D eigenvalue weighted by Crippen LogP contribution is 2.22. The van der Waals surface area contributed by atoms with E-state index in [1.807, 2.05) is 13.8 Å². The van der Waals surface area contributed by atoms with Crippen LogP contribution in [0.2, 0.25) is 0 Å². The molecule has 0 saturated carbocycles. The van der Waals surface area contributed by atoms with Gasteiger partial charge in [-0.15, -0.1) is 0 Å². The smallest absolute Gasteiger partial charge is 0.322 e. The Hall–Kier alpha value is -2.89. The fourth-order valence-electron chi connectivity index (χ4n) is 2.59. The number of urea groups is 1. The second-order valence-electron chi connectivity index (χ2n) is 5.71. The maximum absolute atomic E-state index is 13.1. The quantitative estimate of drug-likeness (QED) is 0.845. The summed E-state index contributed by atoms with van der Waals surface area (Å²) in [6.45, 7) is 5.70. The number of carbonyl (C=O) groups excluding carboxylic acids is 2. The van der Waals surface area contributed by atoms with Gasteiger partial charge in [-0.05, 0) is 49.7 Å². The third-order valence-corrected chi connectivity index (χ3v) is 3.86. The molecule has 2 rings (SSSR count). The largest absolute Gasteiger partial charge is 0.326 e. The van der Waals surface area contributed by atoms with Crippen LogP contribution in [0.5, 0.6) is 0 Å². The van der Waals surface area contributed by atoms with E-state index in [1.54, 1.807) is 41.3 Å². The van der Waals surface area contributed by atoms with Crippen LogP contribution < -0.4 is 10.6 Å². The van der Waals surface area contributed by atoms with Gasteiger partial charge < -0.3 is 15.5 Å². The van der Waals surface area contributed by atoms with Crippen LogP contribution in [0.3, 0.4) is 0 Å². The summed E-state index contributed by atoms with van der Waals surface area (Å²) in [5.41, 5.74) is 2.05. The topological polar surface area (TPSA) is 61.4 Å². The highest BCUT2D eigenvalue weighted by molar-refractivity contribution is 5.92. The summed E-state index contributed by atoms with van der Waals surface area (Å²) in [5, 5.41) is 5.51. The molecule has 132 valence electrons. The van der Waals surface area contributed by atoms with Gasteiger partial charge in [0.05, 0.1) is 6.04 Å². The van der Waals surface area contributed by atoms with Crippen LogP contribution >= 0.6 is 0 Å². The predicted octanol–water partition coefficient (Wildman–Crippen LogP) is 4.40. The van der Waals surface area contributed by atoms with Gasteiger partial charge in [0.2, 0.25) is 5.91 Å². The Bertz CT molecular complexity index is 747. The Morgan fingerprint density at radius 2 is 1.68 bits per heavy atom. The van der Waals surface area contributed by atoms with Crippen molar-refractivity contribution in [3.05, 3.63) is 59.9 Å². The van der Waals surface area contributed by atoms with Gasteiger partial charge in [0.15, 0.2) is 0 Å². The molecule has 0 bridgehead atoms. The second-order valence-corrected chi connectivity index (χ2v) is 5.71. The number of hydrogen-bond donors (Lipinski definition) is 2. The third kappa shape index (κ3) is 5.04. The predicted molar refractivity (Wildman–Crippen MR) is 97.0 cm³/mol. The number of carbonyl (C=O) groups is 2. The lowest BCUT2D eigenvalue weighted by Gasteiger charge is -2.28. The number of nitrogens with zero attached hydrogens (tertiary/aromatic N) is 1. The first kappa shape index (κ1) is 18.4. The minimum absolute atomic E-state index is 0.177. The Kier molecular flexibility index (Phi) is 6.11. The zero-order valence-corrected chi connectivity index (χ0v) is 14.5. The first-order valence-corrected chi connectivity index (χ1v) is 8.11. The Morgan fingerprint density at radius 3 is 2.24 bits per heavy atom. The summed E-state index contributed by atoms with van der Waals surface area (Å²) in [6.07, 6.45) is 0. The van der Waals surface area contributed by atoms with Gasteiger partial charge in [-0.25, -0.2) is 9.18 Å². The molecule has 3 amide bonds. The van der Waals surface area contributed by atoms with Crippen molar-refractivity contribution in [3.63, 3.8) is 0 Å². The summed E-state index contributed by atoms with van der Waals surface area (Å²) in [7, 11) is 0.